The van der Waals surface area contributed by atoms with E-state index in [0.29, 0.717) is 12.8 Å². The maximum Gasteiger partial charge on any atom is 0.248 e. The van der Waals surface area contributed by atoms with Crippen LogP contribution in [0.15, 0.2) is 47.9 Å². The number of rotatable bonds is 4. The number of likely N-dealkylation sites (tertiary alicyclic amines) is 1. The molecule has 0 spiro atoms. The van der Waals surface area contributed by atoms with E-state index in [4.69, 9.17) is 0 Å². The Bertz CT molecular complexity index is 916. The first-order chi connectivity index (χ1) is 12.9. The molecular formula is C18H21FN4O3S. The highest BCUT2D eigenvalue weighted by Crippen LogP contribution is 2.35. The zero-order valence-corrected chi connectivity index (χ0v) is 15.6. The number of imidazole rings is 1. The molecule has 0 aliphatic carbocycles. The quantitative estimate of drug-likeness (QED) is 0.789. The molecule has 2 aliphatic heterocycles. The Kier molecular flexibility index (Phi) is 4.51. The monoisotopic (exact) mass is 392 g/mol. The number of halogens is 1. The number of amides is 1. The van der Waals surface area contributed by atoms with Gasteiger partial charge >= 0.3 is 0 Å². The van der Waals surface area contributed by atoms with E-state index in [1.165, 1.54) is 16.4 Å². The van der Waals surface area contributed by atoms with Gasteiger partial charge in [0.25, 0.3) is 0 Å². The fraction of sp³-hybridized carbons (Fsp3) is 0.444. The Morgan fingerprint density at radius 3 is 2.26 bits per heavy atom. The Morgan fingerprint density at radius 1 is 1.07 bits per heavy atom. The Morgan fingerprint density at radius 2 is 1.74 bits per heavy atom. The summed E-state index contributed by atoms with van der Waals surface area (Å²) < 4.78 is 42.0. The maximum absolute atomic E-state index is 13.1. The molecule has 2 aromatic rings. The molecule has 0 unspecified atom stereocenters. The number of benzene rings is 1. The normalized spacial score (nSPS) is 20.3. The van der Waals surface area contributed by atoms with Crippen LogP contribution in [0, 0.1) is 5.82 Å². The number of carbonyl (C=O) groups excluding carboxylic acids is 1. The largest absolute Gasteiger partial charge is 0.341 e. The van der Waals surface area contributed by atoms with Gasteiger partial charge in [-0.25, -0.2) is 17.8 Å². The molecule has 3 heterocycles. The zero-order valence-electron chi connectivity index (χ0n) is 14.8. The van der Waals surface area contributed by atoms with Crippen molar-refractivity contribution < 1.29 is 17.6 Å². The van der Waals surface area contributed by atoms with Crippen LogP contribution in [0.2, 0.25) is 0 Å². The molecule has 2 saturated heterocycles. The van der Waals surface area contributed by atoms with Gasteiger partial charge in [0.15, 0.2) is 0 Å². The van der Waals surface area contributed by atoms with Crippen molar-refractivity contribution in [3.8, 4) is 0 Å². The third-order valence-electron chi connectivity index (χ3n) is 5.54. The lowest BCUT2D eigenvalue weighted by Crippen LogP contribution is -2.59. The number of aromatic nitrogens is 2. The van der Waals surface area contributed by atoms with E-state index in [1.54, 1.807) is 18.7 Å². The van der Waals surface area contributed by atoms with Gasteiger partial charge in [0.1, 0.15) is 11.4 Å². The van der Waals surface area contributed by atoms with Gasteiger partial charge in [-0.3, -0.25) is 4.79 Å². The third-order valence-corrected chi connectivity index (χ3v) is 7.45. The molecule has 2 fully saturated rings. The summed E-state index contributed by atoms with van der Waals surface area (Å²) in [5.74, 6) is -0.447. The van der Waals surface area contributed by atoms with Gasteiger partial charge in [0.2, 0.25) is 15.9 Å². The number of carbonyl (C=O) groups is 1. The predicted octanol–water partition coefficient (Wildman–Crippen LogP) is 1.43. The lowest BCUT2D eigenvalue weighted by Gasteiger charge is -2.45. The fourth-order valence-electron chi connectivity index (χ4n) is 3.76. The fourth-order valence-corrected chi connectivity index (χ4v) is 5.20. The van der Waals surface area contributed by atoms with Crippen LogP contribution < -0.4 is 0 Å². The van der Waals surface area contributed by atoms with Crippen molar-refractivity contribution in [3.63, 3.8) is 0 Å². The number of piperidine rings is 1. The van der Waals surface area contributed by atoms with Gasteiger partial charge in [-0.05, 0) is 43.5 Å². The van der Waals surface area contributed by atoms with Crippen LogP contribution in [0.3, 0.4) is 0 Å². The second-order valence-electron chi connectivity index (χ2n) is 7.01. The zero-order chi connectivity index (χ0) is 19.1. The standard InChI is InChI=1S/C18H21FN4O3S/c19-15-2-4-16(5-3-15)27(25,26)23-11-6-18(7-12-23,22-13-8-20-14-22)17(24)21-9-1-10-21/h2-5,8,13-14H,1,6-7,9-12H2. The molecule has 0 atom stereocenters. The predicted molar refractivity (Wildman–Crippen MR) is 95.8 cm³/mol. The smallest absolute Gasteiger partial charge is 0.248 e. The summed E-state index contributed by atoms with van der Waals surface area (Å²) >= 11 is 0. The summed E-state index contributed by atoms with van der Waals surface area (Å²) in [6.07, 6.45) is 6.77. The van der Waals surface area contributed by atoms with E-state index in [2.05, 4.69) is 4.98 Å². The van der Waals surface area contributed by atoms with E-state index in [9.17, 15) is 17.6 Å². The molecule has 1 amide bonds. The first-order valence-electron chi connectivity index (χ1n) is 8.97. The van der Waals surface area contributed by atoms with Crippen LogP contribution in [0.4, 0.5) is 4.39 Å². The highest BCUT2D eigenvalue weighted by Gasteiger charge is 2.47. The van der Waals surface area contributed by atoms with Gasteiger partial charge in [-0.2, -0.15) is 4.31 Å². The molecule has 4 rings (SSSR count). The number of sulfonamides is 1. The summed E-state index contributed by atoms with van der Waals surface area (Å²) in [7, 11) is -3.72. The summed E-state index contributed by atoms with van der Waals surface area (Å²) in [6, 6.07) is 4.82. The molecule has 144 valence electrons. The van der Waals surface area contributed by atoms with Crippen molar-refractivity contribution in [2.45, 2.75) is 29.7 Å². The van der Waals surface area contributed by atoms with Gasteiger partial charge in [-0.1, -0.05) is 0 Å². The topological polar surface area (TPSA) is 75.5 Å². The molecule has 7 nitrogen and oxygen atoms in total. The minimum atomic E-state index is -3.72. The van der Waals surface area contributed by atoms with Crippen LogP contribution in [-0.4, -0.2) is 59.3 Å². The van der Waals surface area contributed by atoms with E-state index in [0.717, 1.165) is 31.6 Å². The SMILES string of the molecule is O=C(N1CCC1)C1(n2ccnc2)CCN(S(=O)(=O)c2ccc(F)cc2)CC1. The van der Waals surface area contributed by atoms with Crippen LogP contribution in [0.1, 0.15) is 19.3 Å². The third kappa shape index (κ3) is 3.04. The van der Waals surface area contributed by atoms with Crippen molar-refractivity contribution in [2.24, 2.45) is 0 Å². The molecule has 9 heteroatoms. The van der Waals surface area contributed by atoms with Crippen molar-refractivity contribution in [1.82, 2.24) is 18.8 Å². The van der Waals surface area contributed by atoms with Crippen LogP contribution in [0.25, 0.3) is 0 Å². The average Bonchev–Trinajstić information content (AvgIpc) is 3.16. The average molecular weight is 392 g/mol. The molecule has 27 heavy (non-hydrogen) atoms. The van der Waals surface area contributed by atoms with Crippen molar-refractivity contribution in [3.05, 3.63) is 48.8 Å². The molecule has 1 aromatic heterocycles. The minimum absolute atomic E-state index is 0.0329. The van der Waals surface area contributed by atoms with Gasteiger partial charge in [-0.15, -0.1) is 0 Å². The molecule has 0 N–H and O–H groups in total. The van der Waals surface area contributed by atoms with Crippen LogP contribution in [-0.2, 0) is 20.4 Å². The number of hydrogen-bond donors (Lipinski definition) is 0. The van der Waals surface area contributed by atoms with Crippen LogP contribution in [0.5, 0.6) is 0 Å². The Balaban J connectivity index is 1.58. The van der Waals surface area contributed by atoms with Gasteiger partial charge < -0.3 is 9.47 Å². The van der Waals surface area contributed by atoms with Crippen molar-refractivity contribution in [2.75, 3.05) is 26.2 Å². The van der Waals surface area contributed by atoms with Gasteiger partial charge in [0, 0.05) is 38.6 Å². The van der Waals surface area contributed by atoms with Crippen molar-refractivity contribution in [1.29, 1.82) is 0 Å². The second kappa shape index (κ2) is 6.72. The summed E-state index contributed by atoms with van der Waals surface area (Å²) in [4.78, 5) is 19.1. The van der Waals surface area contributed by atoms with E-state index in [1.807, 2.05) is 9.47 Å². The minimum Gasteiger partial charge on any atom is -0.341 e. The van der Waals surface area contributed by atoms with Crippen molar-refractivity contribution >= 4 is 15.9 Å². The van der Waals surface area contributed by atoms with E-state index in [-0.39, 0.29) is 23.9 Å². The molecule has 1 aromatic carbocycles. The van der Waals surface area contributed by atoms with Gasteiger partial charge in [0.05, 0.1) is 11.2 Å². The number of hydrogen-bond acceptors (Lipinski definition) is 4. The molecule has 0 saturated carbocycles. The summed E-state index contributed by atoms with van der Waals surface area (Å²) in [6.45, 7) is 1.93. The first-order valence-corrected chi connectivity index (χ1v) is 10.4. The molecule has 0 bridgehead atoms. The molecule has 2 aliphatic rings. The summed E-state index contributed by atoms with van der Waals surface area (Å²) in [5.41, 5.74) is -0.800. The number of nitrogens with zero attached hydrogens (tertiary/aromatic N) is 4. The summed E-state index contributed by atoms with van der Waals surface area (Å²) in [5, 5.41) is 0. The molecule has 0 radical (unpaired) electrons. The Hall–Kier alpha value is -2.26. The van der Waals surface area contributed by atoms with E-state index < -0.39 is 21.4 Å². The van der Waals surface area contributed by atoms with Crippen LogP contribution >= 0.6 is 0 Å². The lowest BCUT2D eigenvalue weighted by atomic mass is 9.85. The highest BCUT2D eigenvalue weighted by atomic mass is 32.2. The first kappa shape index (κ1) is 18.1. The lowest BCUT2D eigenvalue weighted by molar-refractivity contribution is -0.146. The maximum atomic E-state index is 13.1. The Labute approximate surface area is 157 Å². The molecular weight excluding hydrogens is 371 g/mol. The highest BCUT2D eigenvalue weighted by molar-refractivity contribution is 7.89. The second-order valence-corrected chi connectivity index (χ2v) is 8.94. The van der Waals surface area contributed by atoms with E-state index >= 15 is 0 Å².